The first-order valence-corrected chi connectivity index (χ1v) is 9.01. The first-order valence-electron chi connectivity index (χ1n) is 9.01. The molecule has 3 aromatic rings. The minimum Gasteiger partial charge on any atom is -0.490 e. The minimum absolute atomic E-state index is 0.000490. The predicted molar refractivity (Wildman–Crippen MR) is 103 cm³/mol. The van der Waals surface area contributed by atoms with Crippen LogP contribution < -0.4 is 9.64 Å². The molecule has 10 nitrogen and oxygen atoms in total. The number of hydrogen-bond donors (Lipinski definition) is 0. The number of aryl methyl sites for hydroxylation is 1. The van der Waals surface area contributed by atoms with E-state index >= 15 is 0 Å². The maximum Gasteiger partial charge on any atom is 0.311 e. The summed E-state index contributed by atoms with van der Waals surface area (Å²) in [6.45, 7) is 5.96. The van der Waals surface area contributed by atoms with E-state index < -0.39 is 4.92 Å². The maximum atomic E-state index is 11.2. The second-order valence-corrected chi connectivity index (χ2v) is 6.75. The Hall–Kier alpha value is -3.27. The number of rotatable bonds is 5. The summed E-state index contributed by atoms with van der Waals surface area (Å²) in [4.78, 5) is 23.9. The molecule has 146 valence electrons. The van der Waals surface area contributed by atoms with Crippen molar-refractivity contribution in [2.75, 3.05) is 38.2 Å². The minimum atomic E-state index is -0.407. The van der Waals surface area contributed by atoms with Gasteiger partial charge in [-0.05, 0) is 18.6 Å². The van der Waals surface area contributed by atoms with Crippen LogP contribution in [-0.2, 0) is 6.54 Å². The molecule has 0 N–H and O–H groups in total. The molecule has 28 heavy (non-hydrogen) atoms. The van der Waals surface area contributed by atoms with Gasteiger partial charge in [0.25, 0.3) is 5.78 Å². The van der Waals surface area contributed by atoms with E-state index in [1.165, 1.54) is 13.4 Å². The fourth-order valence-corrected chi connectivity index (χ4v) is 3.51. The Morgan fingerprint density at radius 1 is 1.21 bits per heavy atom. The van der Waals surface area contributed by atoms with Crippen molar-refractivity contribution in [3.8, 4) is 5.75 Å². The summed E-state index contributed by atoms with van der Waals surface area (Å²) in [5.41, 5.74) is 1.81. The van der Waals surface area contributed by atoms with Crippen LogP contribution in [0.25, 0.3) is 5.78 Å². The number of ether oxygens (including phenoxy) is 1. The van der Waals surface area contributed by atoms with Crippen molar-refractivity contribution in [2.24, 2.45) is 0 Å². The number of piperazine rings is 1. The van der Waals surface area contributed by atoms with Gasteiger partial charge in [0.2, 0.25) is 0 Å². The summed E-state index contributed by atoms with van der Waals surface area (Å²) in [5.74, 6) is 1.87. The number of methoxy groups -OCH3 is 1. The lowest BCUT2D eigenvalue weighted by molar-refractivity contribution is -0.385. The van der Waals surface area contributed by atoms with Crippen LogP contribution >= 0.6 is 0 Å². The molecule has 2 aromatic heterocycles. The second-order valence-electron chi connectivity index (χ2n) is 6.75. The van der Waals surface area contributed by atoms with Crippen molar-refractivity contribution < 1.29 is 9.66 Å². The van der Waals surface area contributed by atoms with Gasteiger partial charge in [0.1, 0.15) is 12.1 Å². The smallest absolute Gasteiger partial charge is 0.311 e. The molecule has 0 unspecified atom stereocenters. The van der Waals surface area contributed by atoms with Crippen LogP contribution in [0.4, 0.5) is 11.5 Å². The second kappa shape index (κ2) is 7.39. The molecule has 0 spiro atoms. The van der Waals surface area contributed by atoms with Gasteiger partial charge in [-0.1, -0.05) is 6.07 Å². The number of anilines is 1. The quantitative estimate of drug-likeness (QED) is 0.484. The lowest BCUT2D eigenvalue weighted by Gasteiger charge is -2.36. The third kappa shape index (κ3) is 3.46. The predicted octanol–water partition coefficient (Wildman–Crippen LogP) is 1.67. The van der Waals surface area contributed by atoms with Crippen LogP contribution in [0.1, 0.15) is 11.3 Å². The fraction of sp³-hybridized carbons (Fsp3) is 0.389. The first-order chi connectivity index (χ1) is 13.5. The van der Waals surface area contributed by atoms with Gasteiger partial charge in [-0.25, -0.2) is 4.98 Å². The van der Waals surface area contributed by atoms with Crippen molar-refractivity contribution in [1.29, 1.82) is 0 Å². The van der Waals surface area contributed by atoms with E-state index in [1.807, 2.05) is 19.1 Å². The van der Waals surface area contributed by atoms with Crippen molar-refractivity contribution in [2.45, 2.75) is 13.5 Å². The topological polar surface area (TPSA) is 102 Å². The Kier molecular flexibility index (Phi) is 4.78. The lowest BCUT2D eigenvalue weighted by atomic mass is 10.1. The standard InChI is InChI=1S/C18H21N7O3/c1-13-9-17(24-18(21-13)19-12-20-24)23-7-5-22(6-8-23)11-14-3-4-16(28-2)15(10-14)25(26)27/h3-4,9-10,12H,5-8,11H2,1-2H3. The number of aromatic nitrogens is 4. The zero-order valence-corrected chi connectivity index (χ0v) is 15.8. The third-order valence-corrected chi connectivity index (χ3v) is 4.90. The van der Waals surface area contributed by atoms with Crippen LogP contribution in [0.2, 0.25) is 0 Å². The summed E-state index contributed by atoms with van der Waals surface area (Å²) >= 11 is 0. The molecule has 0 aliphatic carbocycles. The van der Waals surface area contributed by atoms with Gasteiger partial charge in [0.05, 0.1) is 12.0 Å². The van der Waals surface area contributed by atoms with E-state index in [4.69, 9.17) is 4.74 Å². The number of hydrogen-bond acceptors (Lipinski definition) is 8. The normalized spacial score (nSPS) is 15.1. The van der Waals surface area contributed by atoms with Crippen LogP contribution in [0, 0.1) is 17.0 Å². The van der Waals surface area contributed by atoms with E-state index in [9.17, 15) is 10.1 Å². The molecular formula is C18H21N7O3. The van der Waals surface area contributed by atoms with Crippen molar-refractivity contribution in [3.05, 3.63) is 52.0 Å². The Labute approximate surface area is 161 Å². The molecule has 1 saturated heterocycles. The van der Waals surface area contributed by atoms with E-state index in [1.54, 1.807) is 16.6 Å². The average molecular weight is 383 g/mol. The zero-order valence-electron chi connectivity index (χ0n) is 15.8. The highest BCUT2D eigenvalue weighted by atomic mass is 16.6. The molecule has 0 atom stereocenters. The number of nitrogens with zero attached hydrogens (tertiary/aromatic N) is 7. The average Bonchev–Trinajstić information content (AvgIpc) is 3.16. The summed E-state index contributed by atoms with van der Waals surface area (Å²) in [7, 11) is 1.44. The monoisotopic (exact) mass is 383 g/mol. The van der Waals surface area contributed by atoms with Crippen LogP contribution in [0.5, 0.6) is 5.75 Å². The van der Waals surface area contributed by atoms with Crippen LogP contribution in [-0.4, -0.2) is 62.7 Å². The molecule has 1 fully saturated rings. The van der Waals surface area contributed by atoms with Gasteiger partial charge in [-0.15, -0.1) is 0 Å². The van der Waals surface area contributed by atoms with E-state index in [0.29, 0.717) is 12.3 Å². The number of benzene rings is 1. The molecule has 1 aliphatic rings. The van der Waals surface area contributed by atoms with Gasteiger partial charge in [-0.2, -0.15) is 14.6 Å². The molecule has 10 heteroatoms. The van der Waals surface area contributed by atoms with Crippen molar-refractivity contribution in [1.82, 2.24) is 24.5 Å². The Morgan fingerprint density at radius 2 is 2.00 bits per heavy atom. The number of nitro groups is 1. The highest BCUT2D eigenvalue weighted by Crippen LogP contribution is 2.28. The van der Waals surface area contributed by atoms with Gasteiger partial charge < -0.3 is 9.64 Å². The molecule has 0 saturated carbocycles. The SMILES string of the molecule is COc1ccc(CN2CCN(c3cc(C)nc4ncnn34)CC2)cc1[N+](=O)[O-]. The van der Waals surface area contributed by atoms with Gasteiger partial charge in [-0.3, -0.25) is 15.0 Å². The zero-order chi connectivity index (χ0) is 19.7. The summed E-state index contributed by atoms with van der Waals surface area (Å²) in [6, 6.07) is 7.15. The highest BCUT2D eigenvalue weighted by molar-refractivity contribution is 5.49. The summed E-state index contributed by atoms with van der Waals surface area (Å²) < 4.78 is 6.83. The fourth-order valence-electron chi connectivity index (χ4n) is 3.51. The van der Waals surface area contributed by atoms with Gasteiger partial charge in [0.15, 0.2) is 5.75 Å². The third-order valence-electron chi connectivity index (χ3n) is 4.90. The lowest BCUT2D eigenvalue weighted by Crippen LogP contribution is -2.46. The molecule has 1 aliphatic heterocycles. The molecule has 0 radical (unpaired) electrons. The van der Waals surface area contributed by atoms with Crippen LogP contribution in [0.15, 0.2) is 30.6 Å². The Balaban J connectivity index is 1.45. The molecular weight excluding hydrogens is 362 g/mol. The molecule has 4 rings (SSSR count). The van der Waals surface area contributed by atoms with E-state index in [0.717, 1.165) is 43.3 Å². The first kappa shape index (κ1) is 18.1. The van der Waals surface area contributed by atoms with Crippen molar-refractivity contribution in [3.63, 3.8) is 0 Å². The molecule has 1 aromatic carbocycles. The maximum absolute atomic E-state index is 11.2. The molecule has 3 heterocycles. The Morgan fingerprint density at radius 3 is 2.71 bits per heavy atom. The summed E-state index contributed by atoms with van der Waals surface area (Å²) in [6.07, 6.45) is 1.51. The Bertz CT molecular complexity index is 1010. The van der Waals surface area contributed by atoms with Gasteiger partial charge >= 0.3 is 5.69 Å². The molecule has 0 amide bonds. The van der Waals surface area contributed by atoms with E-state index in [2.05, 4.69) is 24.9 Å². The number of nitro benzene ring substituents is 1. The van der Waals surface area contributed by atoms with Gasteiger partial charge in [0, 0.05) is 50.6 Å². The highest BCUT2D eigenvalue weighted by Gasteiger charge is 2.22. The molecule has 0 bridgehead atoms. The summed E-state index contributed by atoms with van der Waals surface area (Å²) in [5, 5.41) is 15.5. The van der Waals surface area contributed by atoms with Crippen LogP contribution in [0.3, 0.4) is 0 Å². The van der Waals surface area contributed by atoms with Crippen molar-refractivity contribution >= 4 is 17.3 Å². The number of fused-ring (bicyclic) bond motifs is 1. The van der Waals surface area contributed by atoms with E-state index in [-0.39, 0.29) is 11.4 Å². The largest absolute Gasteiger partial charge is 0.490 e.